The summed E-state index contributed by atoms with van der Waals surface area (Å²) in [6.45, 7) is 4.68. The van der Waals surface area contributed by atoms with E-state index in [2.05, 4.69) is 19.8 Å². The number of carbonyl (C=O) groups excluding carboxylic acids is 1. The second-order valence-electron chi connectivity index (χ2n) is 7.08. The largest absolute Gasteiger partial charge is 0.368 e. The predicted molar refractivity (Wildman–Crippen MR) is 103 cm³/mol. The highest BCUT2D eigenvalue weighted by atomic mass is 19.1. The van der Waals surface area contributed by atoms with Gasteiger partial charge in [-0.25, -0.2) is 14.4 Å². The third-order valence-electron chi connectivity index (χ3n) is 5.28. The van der Waals surface area contributed by atoms with Crippen LogP contribution in [0.4, 0.5) is 16.0 Å². The first-order valence-electron chi connectivity index (χ1n) is 9.57. The van der Waals surface area contributed by atoms with Crippen LogP contribution >= 0.6 is 0 Å². The molecule has 7 heteroatoms. The Hall–Kier alpha value is -2.70. The van der Waals surface area contributed by atoms with E-state index in [0.29, 0.717) is 24.6 Å². The van der Waals surface area contributed by atoms with Crippen LogP contribution in [0.2, 0.25) is 0 Å². The van der Waals surface area contributed by atoms with Crippen molar-refractivity contribution in [2.24, 2.45) is 0 Å². The number of anilines is 2. The number of carbonyl (C=O) groups is 1. The molecule has 1 aromatic heterocycles. The fraction of sp³-hybridized carbons (Fsp3) is 0.450. The fourth-order valence-corrected chi connectivity index (χ4v) is 3.69. The Morgan fingerprint density at radius 2 is 1.44 bits per heavy atom. The highest BCUT2D eigenvalue weighted by molar-refractivity contribution is 5.93. The molecule has 0 atom stereocenters. The Bertz CT molecular complexity index is 766. The number of nitrogens with zero attached hydrogens (tertiary/aromatic N) is 5. The normalized spacial score (nSPS) is 17.9. The first-order chi connectivity index (χ1) is 13.2. The minimum atomic E-state index is -0.236. The van der Waals surface area contributed by atoms with Gasteiger partial charge in [-0.2, -0.15) is 0 Å². The lowest BCUT2D eigenvalue weighted by Gasteiger charge is -2.36. The summed E-state index contributed by atoms with van der Waals surface area (Å²) >= 11 is 0. The van der Waals surface area contributed by atoms with Gasteiger partial charge in [-0.15, -0.1) is 0 Å². The lowest BCUT2D eigenvalue weighted by atomic mass is 10.1. The summed E-state index contributed by atoms with van der Waals surface area (Å²) in [5.41, 5.74) is 1.52. The van der Waals surface area contributed by atoms with Crippen molar-refractivity contribution in [1.29, 1.82) is 0 Å². The van der Waals surface area contributed by atoms with Gasteiger partial charge in [0.2, 0.25) is 5.95 Å². The number of benzene rings is 1. The molecular formula is C20H24FN5O. The van der Waals surface area contributed by atoms with Crippen molar-refractivity contribution >= 4 is 17.5 Å². The van der Waals surface area contributed by atoms with E-state index in [9.17, 15) is 9.18 Å². The summed E-state index contributed by atoms with van der Waals surface area (Å²) in [7, 11) is 0. The third-order valence-corrected chi connectivity index (χ3v) is 5.28. The first-order valence-corrected chi connectivity index (χ1v) is 9.57. The van der Waals surface area contributed by atoms with Crippen LogP contribution in [0.15, 0.2) is 36.7 Å². The second-order valence-corrected chi connectivity index (χ2v) is 7.08. The van der Waals surface area contributed by atoms with Gasteiger partial charge in [0.15, 0.2) is 0 Å². The molecule has 142 valence electrons. The van der Waals surface area contributed by atoms with Crippen LogP contribution in [-0.4, -0.2) is 60.0 Å². The molecule has 0 bridgehead atoms. The average Bonchev–Trinajstić information content (AvgIpc) is 2.75. The van der Waals surface area contributed by atoms with Gasteiger partial charge in [0.05, 0.1) is 5.56 Å². The van der Waals surface area contributed by atoms with Gasteiger partial charge in [-0.1, -0.05) is 0 Å². The van der Waals surface area contributed by atoms with Crippen molar-refractivity contribution in [3.8, 4) is 0 Å². The average molecular weight is 369 g/mol. The quantitative estimate of drug-likeness (QED) is 0.832. The lowest BCUT2D eigenvalue weighted by molar-refractivity contribution is 0.0746. The fourth-order valence-electron chi connectivity index (χ4n) is 3.69. The summed E-state index contributed by atoms with van der Waals surface area (Å²) in [4.78, 5) is 27.7. The van der Waals surface area contributed by atoms with Gasteiger partial charge in [0.1, 0.15) is 5.82 Å². The molecule has 0 radical (unpaired) electrons. The van der Waals surface area contributed by atoms with Crippen molar-refractivity contribution in [2.75, 3.05) is 49.1 Å². The molecule has 2 saturated heterocycles. The maximum atomic E-state index is 13.1. The predicted octanol–water partition coefficient (Wildman–Crippen LogP) is 2.57. The smallest absolute Gasteiger partial charge is 0.257 e. The van der Waals surface area contributed by atoms with Gasteiger partial charge in [0.25, 0.3) is 5.91 Å². The molecule has 0 saturated carbocycles. The standard InChI is InChI=1S/C20H24FN5O/c21-17-4-6-18(7-5-17)24-10-12-25(13-11-24)19(27)16-14-22-20(23-15-16)26-8-2-1-3-9-26/h4-7,14-15H,1-3,8-13H2. The number of piperazine rings is 1. The molecule has 2 aliphatic heterocycles. The molecule has 2 aliphatic rings. The molecule has 6 nitrogen and oxygen atoms in total. The number of hydrogen-bond donors (Lipinski definition) is 0. The zero-order chi connectivity index (χ0) is 18.6. The number of hydrogen-bond acceptors (Lipinski definition) is 5. The van der Waals surface area contributed by atoms with E-state index in [1.54, 1.807) is 24.5 Å². The molecule has 2 aromatic rings. The molecule has 0 N–H and O–H groups in total. The maximum Gasteiger partial charge on any atom is 0.257 e. The molecule has 4 rings (SSSR count). The maximum absolute atomic E-state index is 13.1. The van der Waals surface area contributed by atoms with Crippen molar-refractivity contribution in [1.82, 2.24) is 14.9 Å². The van der Waals surface area contributed by atoms with Crippen LogP contribution in [0.1, 0.15) is 29.6 Å². The second kappa shape index (κ2) is 7.90. The van der Waals surface area contributed by atoms with Gasteiger partial charge in [-0.05, 0) is 43.5 Å². The zero-order valence-corrected chi connectivity index (χ0v) is 15.4. The molecule has 0 aliphatic carbocycles. The summed E-state index contributed by atoms with van der Waals surface area (Å²) in [5, 5.41) is 0. The van der Waals surface area contributed by atoms with E-state index in [-0.39, 0.29) is 11.7 Å². The summed E-state index contributed by atoms with van der Waals surface area (Å²) in [6, 6.07) is 6.49. The summed E-state index contributed by atoms with van der Waals surface area (Å²) in [6.07, 6.45) is 6.89. The van der Waals surface area contributed by atoms with Crippen molar-refractivity contribution in [3.63, 3.8) is 0 Å². The number of amides is 1. The molecule has 27 heavy (non-hydrogen) atoms. The Labute approximate surface area is 158 Å². The van der Waals surface area contributed by atoms with Crippen LogP contribution in [-0.2, 0) is 0 Å². The summed E-state index contributed by atoms with van der Waals surface area (Å²) in [5.74, 6) is 0.451. The Morgan fingerprint density at radius 1 is 0.815 bits per heavy atom. The van der Waals surface area contributed by atoms with Crippen LogP contribution in [0.5, 0.6) is 0 Å². The highest BCUT2D eigenvalue weighted by Gasteiger charge is 2.23. The van der Waals surface area contributed by atoms with E-state index in [1.165, 1.54) is 31.4 Å². The topological polar surface area (TPSA) is 52.6 Å². The molecular weight excluding hydrogens is 345 g/mol. The molecule has 0 unspecified atom stereocenters. The first kappa shape index (κ1) is 17.7. The van der Waals surface area contributed by atoms with E-state index in [4.69, 9.17) is 0 Å². The third kappa shape index (κ3) is 4.02. The Kier molecular flexibility index (Phi) is 5.18. The Balaban J connectivity index is 1.35. The SMILES string of the molecule is O=C(c1cnc(N2CCCCC2)nc1)N1CCN(c2ccc(F)cc2)CC1. The van der Waals surface area contributed by atoms with Crippen molar-refractivity contribution < 1.29 is 9.18 Å². The molecule has 2 fully saturated rings. The van der Waals surface area contributed by atoms with Crippen LogP contribution < -0.4 is 9.80 Å². The highest BCUT2D eigenvalue weighted by Crippen LogP contribution is 2.19. The van der Waals surface area contributed by atoms with E-state index >= 15 is 0 Å². The van der Waals surface area contributed by atoms with Crippen molar-refractivity contribution in [2.45, 2.75) is 19.3 Å². The van der Waals surface area contributed by atoms with Gasteiger partial charge < -0.3 is 14.7 Å². The van der Waals surface area contributed by atoms with Crippen LogP contribution in [0, 0.1) is 5.82 Å². The van der Waals surface area contributed by atoms with E-state index in [1.807, 2.05) is 4.90 Å². The summed E-state index contributed by atoms with van der Waals surface area (Å²) < 4.78 is 13.1. The van der Waals surface area contributed by atoms with Crippen molar-refractivity contribution in [3.05, 3.63) is 48.0 Å². The zero-order valence-electron chi connectivity index (χ0n) is 15.4. The Morgan fingerprint density at radius 3 is 2.07 bits per heavy atom. The molecule has 0 spiro atoms. The van der Waals surface area contributed by atoms with Crippen LogP contribution in [0.25, 0.3) is 0 Å². The minimum Gasteiger partial charge on any atom is -0.368 e. The number of halogens is 1. The molecule has 1 aromatic carbocycles. The number of piperidine rings is 1. The van der Waals surface area contributed by atoms with Gasteiger partial charge >= 0.3 is 0 Å². The molecule has 1 amide bonds. The number of aromatic nitrogens is 2. The monoisotopic (exact) mass is 369 g/mol. The van der Waals surface area contributed by atoms with Crippen LogP contribution in [0.3, 0.4) is 0 Å². The minimum absolute atomic E-state index is 0.0287. The lowest BCUT2D eigenvalue weighted by Crippen LogP contribution is -2.48. The number of rotatable bonds is 3. The van der Waals surface area contributed by atoms with Gasteiger partial charge in [-0.3, -0.25) is 4.79 Å². The molecule has 3 heterocycles. The van der Waals surface area contributed by atoms with E-state index < -0.39 is 0 Å². The van der Waals surface area contributed by atoms with Gasteiger partial charge in [0, 0.05) is 57.3 Å². The van der Waals surface area contributed by atoms with E-state index in [0.717, 1.165) is 31.9 Å².